The van der Waals surface area contributed by atoms with Crippen LogP contribution in [0.1, 0.15) is 6.42 Å². The van der Waals surface area contributed by atoms with Gasteiger partial charge in [-0.1, -0.05) is 22.5 Å². The molecule has 1 unspecified atom stereocenters. The Morgan fingerprint density at radius 1 is 1.56 bits per heavy atom. The highest BCUT2D eigenvalue weighted by atomic mass is 79.9. The number of nitrogens with zero attached hydrogens (tertiary/aromatic N) is 1. The van der Waals surface area contributed by atoms with E-state index in [-0.39, 0.29) is 17.9 Å². The van der Waals surface area contributed by atoms with E-state index < -0.39 is 21.8 Å². The Labute approximate surface area is 103 Å². The van der Waals surface area contributed by atoms with Crippen LogP contribution in [0.15, 0.2) is 11.1 Å². The molecule has 1 heterocycles. The summed E-state index contributed by atoms with van der Waals surface area (Å²) in [6.45, 7) is 4.52. The fraction of sp³-hybridized carbons (Fsp3) is 0.667. The smallest absolute Gasteiger partial charge is 0.304 e. The normalized spacial score (nSPS) is 25.2. The number of hydrogen-bond donors (Lipinski definition) is 1. The third-order valence-electron chi connectivity index (χ3n) is 2.44. The molecule has 0 bridgehead atoms. The molecule has 1 aliphatic heterocycles. The molecule has 1 aliphatic rings. The van der Waals surface area contributed by atoms with Crippen LogP contribution in [0, 0.1) is 0 Å². The fourth-order valence-corrected chi connectivity index (χ4v) is 3.66. The molecule has 1 atom stereocenters. The summed E-state index contributed by atoms with van der Waals surface area (Å²) in [6, 6.07) is -0.453. The summed E-state index contributed by atoms with van der Waals surface area (Å²) >= 11 is 3.20. The molecule has 0 aromatic heterocycles. The van der Waals surface area contributed by atoms with Gasteiger partial charge in [0.15, 0.2) is 9.84 Å². The highest BCUT2D eigenvalue weighted by Gasteiger charge is 2.32. The third-order valence-corrected chi connectivity index (χ3v) is 4.39. The maximum absolute atomic E-state index is 11.4. The van der Waals surface area contributed by atoms with Crippen molar-refractivity contribution in [3.05, 3.63) is 11.1 Å². The van der Waals surface area contributed by atoms with E-state index in [0.717, 1.165) is 4.48 Å². The van der Waals surface area contributed by atoms with Crippen molar-refractivity contribution in [1.82, 2.24) is 4.90 Å². The van der Waals surface area contributed by atoms with Crippen LogP contribution in [0.2, 0.25) is 0 Å². The first kappa shape index (κ1) is 13.7. The van der Waals surface area contributed by atoms with E-state index in [4.69, 9.17) is 5.11 Å². The molecule has 7 heteroatoms. The fourth-order valence-electron chi connectivity index (χ4n) is 1.74. The van der Waals surface area contributed by atoms with Crippen LogP contribution >= 0.6 is 15.9 Å². The molecule has 92 valence electrons. The van der Waals surface area contributed by atoms with Crippen LogP contribution in [0.3, 0.4) is 0 Å². The lowest BCUT2D eigenvalue weighted by atomic mass is 10.2. The molecular weight excluding hydrogens is 298 g/mol. The van der Waals surface area contributed by atoms with Crippen molar-refractivity contribution in [2.75, 3.05) is 24.6 Å². The molecule has 1 rings (SSSR count). The maximum Gasteiger partial charge on any atom is 0.304 e. The van der Waals surface area contributed by atoms with E-state index in [1.54, 1.807) is 0 Å². The van der Waals surface area contributed by atoms with E-state index >= 15 is 0 Å². The number of aliphatic carboxylic acids is 1. The minimum Gasteiger partial charge on any atom is -0.481 e. The summed E-state index contributed by atoms with van der Waals surface area (Å²) < 4.78 is 23.6. The van der Waals surface area contributed by atoms with Gasteiger partial charge in [-0.3, -0.25) is 9.69 Å². The Kier molecular flexibility index (Phi) is 4.52. The summed E-state index contributed by atoms with van der Waals surface area (Å²) in [4.78, 5) is 12.5. The average Bonchev–Trinajstić information content (AvgIpc) is 2.07. The van der Waals surface area contributed by atoms with Gasteiger partial charge >= 0.3 is 5.97 Å². The highest BCUT2D eigenvalue weighted by Crippen LogP contribution is 2.17. The lowest BCUT2D eigenvalue weighted by Gasteiger charge is -2.34. The van der Waals surface area contributed by atoms with Gasteiger partial charge in [-0.25, -0.2) is 8.42 Å². The van der Waals surface area contributed by atoms with Crippen LogP contribution in [0.5, 0.6) is 0 Å². The van der Waals surface area contributed by atoms with Crippen molar-refractivity contribution in [3.8, 4) is 0 Å². The van der Waals surface area contributed by atoms with Gasteiger partial charge in [0.25, 0.3) is 0 Å². The summed E-state index contributed by atoms with van der Waals surface area (Å²) in [7, 11) is -3.10. The first-order valence-electron chi connectivity index (χ1n) is 4.80. The molecule has 0 spiro atoms. The number of carbonyl (C=O) groups is 1. The number of sulfone groups is 1. The Bertz CT molecular complexity index is 392. The van der Waals surface area contributed by atoms with E-state index in [2.05, 4.69) is 22.5 Å². The molecule has 0 radical (unpaired) electrons. The van der Waals surface area contributed by atoms with Gasteiger partial charge in [0.1, 0.15) is 0 Å². The van der Waals surface area contributed by atoms with Crippen molar-refractivity contribution in [2.45, 2.75) is 12.5 Å². The number of hydrogen-bond acceptors (Lipinski definition) is 4. The SMILES string of the molecule is C=C(Br)CN1CCS(=O)(=O)CC1CC(=O)O. The second-order valence-corrected chi connectivity index (χ2v) is 7.20. The number of carboxylic acids is 1. The van der Waals surface area contributed by atoms with Gasteiger partial charge in [0.2, 0.25) is 0 Å². The van der Waals surface area contributed by atoms with Crippen molar-refractivity contribution in [1.29, 1.82) is 0 Å². The van der Waals surface area contributed by atoms with Gasteiger partial charge in [-0.05, 0) is 0 Å². The van der Waals surface area contributed by atoms with Gasteiger partial charge in [-0.2, -0.15) is 0 Å². The van der Waals surface area contributed by atoms with E-state index in [1.165, 1.54) is 0 Å². The molecule has 16 heavy (non-hydrogen) atoms. The van der Waals surface area contributed by atoms with Crippen LogP contribution in [-0.4, -0.2) is 55.0 Å². The Balaban J connectivity index is 2.75. The van der Waals surface area contributed by atoms with Crippen LogP contribution in [0.25, 0.3) is 0 Å². The minimum absolute atomic E-state index is 0.0837. The molecule has 0 aromatic carbocycles. The highest BCUT2D eigenvalue weighted by molar-refractivity contribution is 9.11. The predicted molar refractivity (Wildman–Crippen MR) is 64.3 cm³/mol. The molecule has 0 aromatic rings. The van der Waals surface area contributed by atoms with Gasteiger partial charge < -0.3 is 5.11 Å². The summed E-state index contributed by atoms with van der Waals surface area (Å²) in [6.07, 6.45) is -0.153. The van der Waals surface area contributed by atoms with Crippen molar-refractivity contribution < 1.29 is 18.3 Å². The monoisotopic (exact) mass is 311 g/mol. The van der Waals surface area contributed by atoms with Gasteiger partial charge in [0, 0.05) is 23.6 Å². The zero-order chi connectivity index (χ0) is 12.3. The lowest BCUT2D eigenvalue weighted by Crippen LogP contribution is -2.49. The molecular formula is C9H14BrNO4S. The molecule has 0 aliphatic carbocycles. The second kappa shape index (κ2) is 5.29. The Morgan fingerprint density at radius 2 is 2.19 bits per heavy atom. The van der Waals surface area contributed by atoms with Gasteiger partial charge in [-0.15, -0.1) is 0 Å². The quantitative estimate of drug-likeness (QED) is 0.817. The first-order valence-corrected chi connectivity index (χ1v) is 7.41. The van der Waals surface area contributed by atoms with Crippen molar-refractivity contribution >= 4 is 31.7 Å². The van der Waals surface area contributed by atoms with E-state index in [9.17, 15) is 13.2 Å². The average molecular weight is 312 g/mol. The Hall–Kier alpha value is -0.400. The number of carboxylic acid groups (broad SMARTS) is 1. The zero-order valence-corrected chi connectivity index (χ0v) is 11.1. The number of halogens is 1. The van der Waals surface area contributed by atoms with Gasteiger partial charge in [0.05, 0.1) is 17.9 Å². The van der Waals surface area contributed by atoms with Crippen LogP contribution in [-0.2, 0) is 14.6 Å². The molecule has 1 fully saturated rings. The molecule has 0 saturated carbocycles. The molecule has 1 N–H and O–H groups in total. The molecule has 1 saturated heterocycles. The summed E-state index contributed by atoms with van der Waals surface area (Å²) in [5.41, 5.74) is 0. The third kappa shape index (κ3) is 4.23. The zero-order valence-electron chi connectivity index (χ0n) is 8.73. The Morgan fingerprint density at radius 3 is 2.69 bits per heavy atom. The van der Waals surface area contributed by atoms with E-state index in [0.29, 0.717) is 13.1 Å². The molecule has 5 nitrogen and oxygen atoms in total. The van der Waals surface area contributed by atoms with Crippen molar-refractivity contribution in [3.63, 3.8) is 0 Å². The number of rotatable bonds is 4. The largest absolute Gasteiger partial charge is 0.481 e. The van der Waals surface area contributed by atoms with E-state index in [1.807, 2.05) is 4.90 Å². The lowest BCUT2D eigenvalue weighted by molar-refractivity contribution is -0.138. The minimum atomic E-state index is -3.10. The predicted octanol–water partition coefficient (Wildman–Crippen LogP) is 0.469. The molecule has 0 amide bonds. The van der Waals surface area contributed by atoms with Crippen LogP contribution in [0.4, 0.5) is 0 Å². The van der Waals surface area contributed by atoms with Crippen molar-refractivity contribution in [2.24, 2.45) is 0 Å². The maximum atomic E-state index is 11.4. The summed E-state index contributed by atoms with van der Waals surface area (Å²) in [5, 5.41) is 8.73. The first-order chi connectivity index (χ1) is 7.30. The topological polar surface area (TPSA) is 74.7 Å². The second-order valence-electron chi connectivity index (χ2n) is 3.85. The summed E-state index contributed by atoms with van der Waals surface area (Å²) in [5.74, 6) is -0.976. The van der Waals surface area contributed by atoms with Crippen LogP contribution < -0.4 is 0 Å². The standard InChI is InChI=1S/C9H14BrNO4S/c1-7(10)5-11-2-3-16(14,15)6-8(11)4-9(12)13/h8H,1-6H2,(H,12,13).